The number of hydrogen-bond donors (Lipinski definition) is 2. The Morgan fingerprint density at radius 3 is 2.18 bits per heavy atom. The first-order chi connectivity index (χ1) is 17.6. The van der Waals surface area contributed by atoms with E-state index in [-0.39, 0.29) is 51.5 Å². The molecule has 2 N–H and O–H groups in total. The summed E-state index contributed by atoms with van der Waals surface area (Å²) in [6.07, 6.45) is 10.5. The molecule has 0 amide bonds. The van der Waals surface area contributed by atoms with Crippen LogP contribution in [0, 0.1) is 56.2 Å². The third kappa shape index (κ3) is 3.99. The lowest BCUT2D eigenvalue weighted by molar-refractivity contribution is -0.271. The Kier molecular flexibility index (Phi) is 6.52. The molecule has 4 saturated carbocycles. The largest absolute Gasteiger partial charge is 0.462 e. The van der Waals surface area contributed by atoms with Gasteiger partial charge in [0.05, 0.1) is 11.7 Å². The number of carbonyl (C=O) groups excluding carboxylic acids is 1. The average Bonchev–Trinajstić information content (AvgIpc) is 2.77. The fourth-order valence-electron chi connectivity index (χ4n) is 12.0. The molecule has 222 valence electrons. The molecule has 0 aromatic rings. The van der Waals surface area contributed by atoms with Crippen LogP contribution in [0.3, 0.4) is 0 Å². The van der Waals surface area contributed by atoms with E-state index in [4.69, 9.17) is 4.74 Å². The first-order valence-electron chi connectivity index (χ1n) is 15.9. The van der Waals surface area contributed by atoms with E-state index in [0.717, 1.165) is 12.8 Å². The van der Waals surface area contributed by atoms with Gasteiger partial charge in [0.1, 0.15) is 6.10 Å². The predicted octanol–water partition coefficient (Wildman–Crippen LogP) is 7.71. The summed E-state index contributed by atoms with van der Waals surface area (Å²) in [7, 11) is 0. The Morgan fingerprint density at radius 1 is 0.974 bits per heavy atom. The summed E-state index contributed by atoms with van der Waals surface area (Å²) in [6, 6.07) is 0. The van der Waals surface area contributed by atoms with Gasteiger partial charge in [0.15, 0.2) is 0 Å². The van der Waals surface area contributed by atoms with E-state index in [9.17, 15) is 15.0 Å². The Hall–Kier alpha value is -0.870. The molecule has 4 nitrogen and oxygen atoms in total. The van der Waals surface area contributed by atoms with Crippen LogP contribution < -0.4 is 0 Å². The van der Waals surface area contributed by atoms with E-state index in [2.05, 4.69) is 61.5 Å². The Morgan fingerprint density at radius 2 is 1.59 bits per heavy atom. The molecule has 5 aliphatic carbocycles. The molecular weight excluding hydrogens is 484 g/mol. The number of aliphatic hydroxyl groups is 2. The van der Waals surface area contributed by atoms with Crippen molar-refractivity contribution in [3.8, 4) is 0 Å². The molecule has 4 fully saturated rings. The van der Waals surface area contributed by atoms with E-state index >= 15 is 0 Å². The van der Waals surface area contributed by atoms with Gasteiger partial charge >= 0.3 is 5.97 Å². The zero-order valence-corrected chi connectivity index (χ0v) is 26.9. The highest BCUT2D eigenvalue weighted by Crippen LogP contribution is 2.77. The second kappa shape index (κ2) is 8.59. The minimum absolute atomic E-state index is 0.0312. The zero-order valence-electron chi connectivity index (χ0n) is 26.9. The van der Waals surface area contributed by atoms with Gasteiger partial charge in [0, 0.05) is 18.3 Å². The number of fused-ring (bicyclic) bond motifs is 7. The number of allylic oxidation sites excluding steroid dienone is 1. The van der Waals surface area contributed by atoms with Gasteiger partial charge in [-0.1, -0.05) is 67.0 Å². The molecule has 0 radical (unpaired) electrons. The minimum Gasteiger partial charge on any atom is -0.462 e. The first kappa shape index (κ1) is 29.6. The lowest BCUT2D eigenvalue weighted by Gasteiger charge is -2.74. The first-order valence-corrected chi connectivity index (χ1v) is 15.9. The number of esters is 1. The van der Waals surface area contributed by atoms with E-state index in [1.807, 2.05) is 13.8 Å². The van der Waals surface area contributed by atoms with Crippen LogP contribution in [0.2, 0.25) is 0 Å². The van der Waals surface area contributed by atoms with Gasteiger partial charge in [-0.15, -0.1) is 0 Å². The summed E-state index contributed by atoms with van der Waals surface area (Å²) in [6.45, 7) is 24.7. The normalized spacial score (nSPS) is 50.4. The SMILES string of the molecule is CC(=O)O[C@H]1C[C@@H](C(C)(C)O)[C@]2(C)[C@H]3[C@H](O)C=C4[C@@H]5CC(C)(C)CC[C@]5(C)CC[C@@]4(C)[C@]3(C)CC[C@H]2C1(C)C. The van der Waals surface area contributed by atoms with Gasteiger partial charge in [-0.25, -0.2) is 0 Å². The van der Waals surface area contributed by atoms with Crippen LogP contribution in [0.5, 0.6) is 0 Å². The highest BCUT2D eigenvalue weighted by molar-refractivity contribution is 5.66. The maximum Gasteiger partial charge on any atom is 0.302 e. The Balaban J connectivity index is 1.66. The highest BCUT2D eigenvalue weighted by Gasteiger charge is 2.73. The predicted molar refractivity (Wildman–Crippen MR) is 157 cm³/mol. The molecule has 0 unspecified atom stereocenters. The summed E-state index contributed by atoms with van der Waals surface area (Å²) in [5.41, 5.74) is 0.663. The smallest absolute Gasteiger partial charge is 0.302 e. The van der Waals surface area contributed by atoms with Crippen LogP contribution in [-0.4, -0.2) is 34.0 Å². The molecule has 0 bridgehead atoms. The van der Waals surface area contributed by atoms with Gasteiger partial charge in [-0.2, -0.15) is 0 Å². The summed E-state index contributed by atoms with van der Waals surface area (Å²) in [5, 5.41) is 24.1. The van der Waals surface area contributed by atoms with Crippen LogP contribution in [-0.2, 0) is 9.53 Å². The molecule has 0 saturated heterocycles. The average molecular weight is 543 g/mol. The maximum atomic E-state index is 12.4. The fourth-order valence-corrected chi connectivity index (χ4v) is 12.0. The number of rotatable bonds is 2. The van der Waals surface area contributed by atoms with Crippen LogP contribution in [0.25, 0.3) is 0 Å². The Labute approximate surface area is 238 Å². The van der Waals surface area contributed by atoms with Crippen LogP contribution in [0.1, 0.15) is 128 Å². The van der Waals surface area contributed by atoms with E-state index < -0.39 is 11.7 Å². The van der Waals surface area contributed by atoms with E-state index in [0.29, 0.717) is 23.2 Å². The van der Waals surface area contributed by atoms with Crippen molar-refractivity contribution in [2.45, 2.75) is 145 Å². The molecule has 10 atom stereocenters. The zero-order chi connectivity index (χ0) is 29.2. The molecule has 5 aliphatic rings. The molecular formula is C35H58O4. The third-order valence-corrected chi connectivity index (χ3v) is 14.3. The van der Waals surface area contributed by atoms with Crippen LogP contribution in [0.4, 0.5) is 0 Å². The van der Waals surface area contributed by atoms with Crippen molar-refractivity contribution in [1.29, 1.82) is 0 Å². The standard InChI is InChI=1S/C35H58O4/c1-21(36)39-27-19-26(31(6,7)38)35(11)25(30(27,4)5)12-13-34(10)28(35)24(37)18-22-23-20-29(2,3)14-15-32(23,8)16-17-33(22,34)9/h18,23-28,37-38H,12-17,19-20H2,1-11H3/t23-,24+,25-,26-,27-,28-,32+,33+,34+,35+/m0/s1. The van der Waals surface area contributed by atoms with Crippen molar-refractivity contribution in [1.82, 2.24) is 0 Å². The molecule has 0 spiro atoms. The van der Waals surface area contributed by atoms with Gasteiger partial charge in [-0.3, -0.25) is 4.79 Å². The number of carbonyl (C=O) groups is 1. The lowest BCUT2D eigenvalue weighted by Crippen LogP contribution is -2.71. The minimum atomic E-state index is -0.955. The van der Waals surface area contributed by atoms with Gasteiger partial charge < -0.3 is 14.9 Å². The molecule has 5 rings (SSSR count). The second-order valence-corrected chi connectivity index (χ2v) is 17.7. The molecule has 0 aromatic heterocycles. The molecule has 0 aromatic carbocycles. The van der Waals surface area contributed by atoms with Gasteiger partial charge in [-0.05, 0) is 110 Å². The second-order valence-electron chi connectivity index (χ2n) is 17.7. The number of hydrogen-bond acceptors (Lipinski definition) is 4. The number of aliphatic hydroxyl groups excluding tert-OH is 1. The van der Waals surface area contributed by atoms with Crippen molar-refractivity contribution < 1.29 is 19.7 Å². The van der Waals surface area contributed by atoms with Crippen molar-refractivity contribution in [3.63, 3.8) is 0 Å². The van der Waals surface area contributed by atoms with Crippen LogP contribution in [0.15, 0.2) is 11.6 Å². The van der Waals surface area contributed by atoms with E-state index in [1.54, 1.807) is 5.57 Å². The Bertz CT molecular complexity index is 1050. The van der Waals surface area contributed by atoms with Gasteiger partial charge in [0.25, 0.3) is 0 Å². The van der Waals surface area contributed by atoms with Crippen LogP contribution >= 0.6 is 0 Å². The summed E-state index contributed by atoms with van der Waals surface area (Å²) in [5.74, 6) is 0.456. The molecule has 0 heterocycles. The third-order valence-electron chi connectivity index (χ3n) is 14.3. The maximum absolute atomic E-state index is 12.4. The van der Waals surface area contributed by atoms with Crippen molar-refractivity contribution in [2.75, 3.05) is 0 Å². The fraction of sp³-hybridized carbons (Fsp3) is 0.914. The quantitative estimate of drug-likeness (QED) is 0.277. The van der Waals surface area contributed by atoms with Crippen molar-refractivity contribution in [3.05, 3.63) is 11.6 Å². The number of ether oxygens (including phenoxy) is 1. The summed E-state index contributed by atoms with van der Waals surface area (Å²) >= 11 is 0. The lowest BCUT2D eigenvalue weighted by atomic mass is 9.31. The highest BCUT2D eigenvalue weighted by atomic mass is 16.5. The topological polar surface area (TPSA) is 66.8 Å². The molecule has 39 heavy (non-hydrogen) atoms. The van der Waals surface area contributed by atoms with Gasteiger partial charge in [0.2, 0.25) is 0 Å². The summed E-state index contributed by atoms with van der Waals surface area (Å²) < 4.78 is 5.98. The monoisotopic (exact) mass is 542 g/mol. The molecule has 0 aliphatic heterocycles. The van der Waals surface area contributed by atoms with Crippen molar-refractivity contribution in [2.24, 2.45) is 56.2 Å². The van der Waals surface area contributed by atoms with E-state index in [1.165, 1.54) is 39.0 Å². The van der Waals surface area contributed by atoms with Crippen molar-refractivity contribution >= 4 is 5.97 Å². The molecule has 4 heteroatoms. The summed E-state index contributed by atoms with van der Waals surface area (Å²) in [4.78, 5) is 12.2.